The lowest BCUT2D eigenvalue weighted by molar-refractivity contribution is -0.118. The van der Waals surface area contributed by atoms with E-state index in [0.29, 0.717) is 22.2 Å². The lowest BCUT2D eigenvalue weighted by atomic mass is 9.41. The first-order valence-electron chi connectivity index (χ1n) is 13.4. The van der Waals surface area contributed by atoms with Crippen molar-refractivity contribution in [3.63, 3.8) is 0 Å². The van der Waals surface area contributed by atoms with Gasteiger partial charge in [-0.25, -0.2) is 0 Å². The number of aliphatic hydroxyl groups excluding tert-OH is 1. The molecular weight excluding hydrogens is 376 g/mol. The second-order valence-corrected chi connectivity index (χ2v) is 13.7. The van der Waals surface area contributed by atoms with Gasteiger partial charge in [0.05, 0.1) is 6.10 Å². The summed E-state index contributed by atoms with van der Waals surface area (Å²) >= 11 is 0. The molecule has 0 aromatic rings. The summed E-state index contributed by atoms with van der Waals surface area (Å²) in [5, 5.41) is 10.8. The maximum absolute atomic E-state index is 10.8. The SMILES string of the molecule is CC(C)=CCC[C@@H](C)[C@H]1CC[C@@]2(C)[C@@H]3CC[C@H]4C(C)(C)C(O)CC[C@]4(C)C3=CC[C@]12C. The molecule has 1 nitrogen and oxygen atoms in total. The van der Waals surface area contributed by atoms with Crippen LogP contribution in [0.5, 0.6) is 0 Å². The molecule has 0 bridgehead atoms. The molecule has 1 heteroatoms. The first-order valence-corrected chi connectivity index (χ1v) is 13.4. The van der Waals surface area contributed by atoms with Crippen molar-refractivity contribution < 1.29 is 5.11 Å². The minimum absolute atomic E-state index is 0.0398. The van der Waals surface area contributed by atoms with Crippen molar-refractivity contribution in [2.45, 2.75) is 119 Å². The van der Waals surface area contributed by atoms with Gasteiger partial charge in [-0.1, -0.05) is 64.8 Å². The molecule has 1 unspecified atom stereocenters. The Kier molecular flexibility index (Phi) is 5.90. The van der Waals surface area contributed by atoms with Crippen molar-refractivity contribution in [3.05, 3.63) is 23.3 Å². The zero-order valence-electron chi connectivity index (χ0n) is 21.9. The van der Waals surface area contributed by atoms with Gasteiger partial charge >= 0.3 is 0 Å². The van der Waals surface area contributed by atoms with E-state index in [2.05, 4.69) is 67.5 Å². The fourth-order valence-electron chi connectivity index (χ4n) is 9.51. The van der Waals surface area contributed by atoms with Crippen molar-refractivity contribution in [2.24, 2.45) is 45.3 Å². The van der Waals surface area contributed by atoms with Gasteiger partial charge in [-0.05, 0) is 117 Å². The van der Waals surface area contributed by atoms with Crippen LogP contribution in [-0.2, 0) is 0 Å². The molecule has 4 aliphatic rings. The van der Waals surface area contributed by atoms with Gasteiger partial charge in [0, 0.05) is 0 Å². The van der Waals surface area contributed by atoms with Gasteiger partial charge < -0.3 is 5.11 Å². The van der Waals surface area contributed by atoms with Crippen molar-refractivity contribution in [3.8, 4) is 0 Å². The highest BCUT2D eigenvalue weighted by molar-refractivity contribution is 5.32. The molecule has 0 aliphatic heterocycles. The minimum atomic E-state index is -0.135. The van der Waals surface area contributed by atoms with E-state index >= 15 is 0 Å². The van der Waals surface area contributed by atoms with Crippen LogP contribution in [0.2, 0.25) is 0 Å². The van der Waals surface area contributed by atoms with Crippen LogP contribution in [0.3, 0.4) is 0 Å². The lowest BCUT2D eigenvalue weighted by Crippen LogP contribution is -2.57. The first kappa shape index (κ1) is 23.6. The summed E-state index contributed by atoms with van der Waals surface area (Å²) in [7, 11) is 0. The van der Waals surface area contributed by atoms with Crippen molar-refractivity contribution in [1.29, 1.82) is 0 Å². The van der Waals surface area contributed by atoms with E-state index in [9.17, 15) is 5.11 Å². The molecule has 0 aromatic heterocycles. The lowest BCUT2D eigenvalue weighted by Gasteiger charge is -2.64. The van der Waals surface area contributed by atoms with E-state index in [1.165, 1.54) is 56.9 Å². The van der Waals surface area contributed by atoms with Crippen LogP contribution < -0.4 is 0 Å². The first-order chi connectivity index (χ1) is 14.4. The predicted octanol–water partition coefficient (Wildman–Crippen LogP) is 8.34. The number of hydrogen-bond donors (Lipinski definition) is 1. The van der Waals surface area contributed by atoms with Gasteiger partial charge in [-0.3, -0.25) is 0 Å². The van der Waals surface area contributed by atoms with Crippen LogP contribution in [0.25, 0.3) is 0 Å². The van der Waals surface area contributed by atoms with Gasteiger partial charge in [0.25, 0.3) is 0 Å². The third kappa shape index (κ3) is 3.34. The summed E-state index contributed by atoms with van der Waals surface area (Å²) in [6, 6.07) is 0. The molecule has 0 radical (unpaired) electrons. The van der Waals surface area contributed by atoms with Crippen LogP contribution >= 0.6 is 0 Å². The quantitative estimate of drug-likeness (QED) is 0.448. The summed E-state index contributed by atoms with van der Waals surface area (Å²) < 4.78 is 0. The van der Waals surface area contributed by atoms with E-state index in [1.807, 2.05) is 0 Å². The Balaban J connectivity index is 1.63. The van der Waals surface area contributed by atoms with E-state index in [1.54, 1.807) is 5.57 Å². The molecule has 1 N–H and O–H groups in total. The smallest absolute Gasteiger partial charge is 0.0594 e. The minimum Gasteiger partial charge on any atom is -0.393 e. The Morgan fingerprint density at radius 1 is 1.03 bits per heavy atom. The fourth-order valence-corrected chi connectivity index (χ4v) is 9.51. The van der Waals surface area contributed by atoms with Crippen molar-refractivity contribution in [1.82, 2.24) is 0 Å². The molecule has 3 fully saturated rings. The van der Waals surface area contributed by atoms with Gasteiger partial charge in [-0.15, -0.1) is 0 Å². The highest BCUT2D eigenvalue weighted by atomic mass is 16.3. The normalized spacial score (nSPS) is 46.9. The van der Waals surface area contributed by atoms with Crippen LogP contribution in [-0.4, -0.2) is 11.2 Å². The molecule has 0 heterocycles. The second kappa shape index (κ2) is 7.75. The third-order valence-electron chi connectivity index (χ3n) is 11.7. The molecule has 0 saturated heterocycles. The zero-order valence-corrected chi connectivity index (χ0v) is 21.9. The molecule has 4 rings (SSSR count). The molecule has 8 atom stereocenters. The average molecular weight is 427 g/mol. The largest absolute Gasteiger partial charge is 0.393 e. The maximum atomic E-state index is 10.8. The van der Waals surface area contributed by atoms with Gasteiger partial charge in [0.1, 0.15) is 0 Å². The predicted molar refractivity (Wildman–Crippen MR) is 133 cm³/mol. The Labute approximate surface area is 193 Å². The van der Waals surface area contributed by atoms with Crippen LogP contribution in [0.1, 0.15) is 113 Å². The van der Waals surface area contributed by atoms with Gasteiger partial charge in [0.2, 0.25) is 0 Å². The maximum Gasteiger partial charge on any atom is 0.0594 e. The van der Waals surface area contributed by atoms with E-state index in [0.717, 1.165) is 24.2 Å². The van der Waals surface area contributed by atoms with E-state index < -0.39 is 0 Å². The van der Waals surface area contributed by atoms with Crippen LogP contribution in [0.4, 0.5) is 0 Å². The topological polar surface area (TPSA) is 20.2 Å². The Morgan fingerprint density at radius 3 is 2.42 bits per heavy atom. The summed E-state index contributed by atoms with van der Waals surface area (Å²) in [6.07, 6.45) is 16.5. The zero-order chi connectivity index (χ0) is 22.8. The number of hydrogen-bond acceptors (Lipinski definition) is 1. The second-order valence-electron chi connectivity index (χ2n) is 13.7. The molecule has 4 aliphatic carbocycles. The molecule has 0 amide bonds. The van der Waals surface area contributed by atoms with Crippen molar-refractivity contribution in [2.75, 3.05) is 0 Å². The molecule has 0 spiro atoms. The fraction of sp³-hybridized carbons (Fsp3) is 0.867. The van der Waals surface area contributed by atoms with Gasteiger partial charge in [-0.2, -0.15) is 0 Å². The van der Waals surface area contributed by atoms with Crippen molar-refractivity contribution >= 4 is 0 Å². The van der Waals surface area contributed by atoms with Gasteiger partial charge in [0.15, 0.2) is 0 Å². The molecule has 31 heavy (non-hydrogen) atoms. The molecule has 0 aromatic carbocycles. The summed E-state index contributed by atoms with van der Waals surface area (Å²) in [5.74, 6) is 3.05. The van der Waals surface area contributed by atoms with Crippen LogP contribution in [0, 0.1) is 45.3 Å². The average Bonchev–Trinajstić information content (AvgIpc) is 2.96. The Bertz CT molecular complexity index is 754. The summed E-state index contributed by atoms with van der Waals surface area (Å²) in [5.41, 5.74) is 4.49. The van der Waals surface area contributed by atoms with E-state index in [4.69, 9.17) is 0 Å². The highest BCUT2D eigenvalue weighted by Crippen LogP contribution is 2.73. The number of aliphatic hydroxyl groups is 1. The molecule has 3 saturated carbocycles. The third-order valence-corrected chi connectivity index (χ3v) is 11.7. The van der Waals surface area contributed by atoms with Crippen LogP contribution in [0.15, 0.2) is 23.3 Å². The van der Waals surface area contributed by atoms with E-state index in [-0.39, 0.29) is 11.5 Å². The molecule has 176 valence electrons. The molecular formula is C30H50O. The summed E-state index contributed by atoms with van der Waals surface area (Å²) in [4.78, 5) is 0. The standard InChI is InChI=1S/C30H50O/c1-20(2)10-9-11-21(3)22-14-18-30(8)24-12-13-25-27(4,5)26(31)16-17-28(25,6)23(24)15-19-29(22,30)7/h10,15,21-22,24-26,31H,9,11-14,16-19H2,1-8H3/t21-,22-,24-,25+,26?,28-,29-,30+/m1/s1. The number of rotatable bonds is 4. The Morgan fingerprint density at radius 2 is 1.74 bits per heavy atom. The highest BCUT2D eigenvalue weighted by Gasteiger charge is 2.65. The monoisotopic (exact) mass is 426 g/mol. The number of fused-ring (bicyclic) bond motifs is 5. The number of allylic oxidation sites excluding steroid dienone is 4. The summed E-state index contributed by atoms with van der Waals surface area (Å²) in [6.45, 7) is 19.6. The Hall–Kier alpha value is -0.560.